The summed E-state index contributed by atoms with van der Waals surface area (Å²) >= 11 is 0. The minimum atomic E-state index is -0.0745. The molecule has 0 spiro atoms. The Morgan fingerprint density at radius 2 is 1.48 bits per heavy atom. The normalized spacial score (nSPS) is 10.3. The Bertz CT molecular complexity index is 837. The van der Waals surface area contributed by atoms with Crippen LogP contribution in [0, 0.1) is 13.8 Å². The van der Waals surface area contributed by atoms with Gasteiger partial charge in [-0.2, -0.15) is 0 Å². The van der Waals surface area contributed by atoms with Crippen molar-refractivity contribution in [3.05, 3.63) is 89.5 Å². The molecule has 2 heteroatoms. The number of para-hydroxylation sites is 1. The van der Waals surface area contributed by atoms with Crippen molar-refractivity contribution in [3.63, 3.8) is 0 Å². The first-order chi connectivity index (χ1) is 11.2. The van der Waals surface area contributed by atoms with Crippen molar-refractivity contribution in [1.82, 2.24) is 0 Å². The average molecular weight is 301 g/mol. The van der Waals surface area contributed by atoms with Gasteiger partial charge in [0.25, 0.3) is 5.91 Å². The number of anilines is 1. The minimum Gasteiger partial charge on any atom is -0.321 e. The van der Waals surface area contributed by atoms with Crippen LogP contribution in [0.2, 0.25) is 0 Å². The van der Waals surface area contributed by atoms with Gasteiger partial charge in [0.2, 0.25) is 0 Å². The summed E-state index contributed by atoms with van der Waals surface area (Å²) in [6.45, 7) is 4.00. The maximum absolute atomic E-state index is 12.7. The Labute approximate surface area is 136 Å². The molecule has 23 heavy (non-hydrogen) atoms. The second kappa shape index (κ2) is 6.49. The number of rotatable bonds is 3. The lowest BCUT2D eigenvalue weighted by Crippen LogP contribution is -2.14. The Morgan fingerprint density at radius 3 is 2.26 bits per heavy atom. The summed E-state index contributed by atoms with van der Waals surface area (Å²) in [7, 11) is 0. The second-order valence-electron chi connectivity index (χ2n) is 5.61. The van der Waals surface area contributed by atoms with E-state index in [1.54, 1.807) is 0 Å². The third-order valence-electron chi connectivity index (χ3n) is 4.11. The highest BCUT2D eigenvalue weighted by Gasteiger charge is 2.12. The molecule has 0 saturated heterocycles. The van der Waals surface area contributed by atoms with Crippen molar-refractivity contribution >= 4 is 11.6 Å². The summed E-state index contributed by atoms with van der Waals surface area (Å²) in [5.74, 6) is -0.0745. The second-order valence-corrected chi connectivity index (χ2v) is 5.61. The molecule has 0 heterocycles. The SMILES string of the molecule is Cc1cccc(C(=O)Nc2ccccc2-c2ccccc2)c1C. The van der Waals surface area contributed by atoms with Crippen LogP contribution in [0.25, 0.3) is 11.1 Å². The highest BCUT2D eigenvalue weighted by molar-refractivity contribution is 6.07. The zero-order valence-corrected chi connectivity index (χ0v) is 13.3. The van der Waals surface area contributed by atoms with Crippen LogP contribution in [0.1, 0.15) is 21.5 Å². The molecule has 3 aromatic carbocycles. The van der Waals surface area contributed by atoms with Gasteiger partial charge in [-0.25, -0.2) is 0 Å². The molecule has 0 unspecified atom stereocenters. The van der Waals surface area contributed by atoms with Crippen molar-refractivity contribution < 1.29 is 4.79 Å². The molecule has 1 N–H and O–H groups in total. The smallest absolute Gasteiger partial charge is 0.255 e. The van der Waals surface area contributed by atoms with Gasteiger partial charge in [0, 0.05) is 16.8 Å². The van der Waals surface area contributed by atoms with Crippen LogP contribution in [-0.4, -0.2) is 5.91 Å². The minimum absolute atomic E-state index is 0.0745. The fourth-order valence-electron chi connectivity index (χ4n) is 2.65. The molecule has 0 saturated carbocycles. The number of hydrogen-bond acceptors (Lipinski definition) is 1. The molecule has 0 fully saturated rings. The first-order valence-electron chi connectivity index (χ1n) is 7.69. The molecule has 3 rings (SSSR count). The lowest BCUT2D eigenvalue weighted by molar-refractivity contribution is 0.102. The number of carbonyl (C=O) groups is 1. The zero-order valence-electron chi connectivity index (χ0n) is 13.3. The summed E-state index contributed by atoms with van der Waals surface area (Å²) in [5, 5.41) is 3.05. The summed E-state index contributed by atoms with van der Waals surface area (Å²) in [4.78, 5) is 12.7. The first-order valence-corrected chi connectivity index (χ1v) is 7.69. The predicted octanol–water partition coefficient (Wildman–Crippen LogP) is 5.22. The summed E-state index contributed by atoms with van der Waals surface area (Å²) < 4.78 is 0. The van der Waals surface area contributed by atoms with Gasteiger partial charge in [0.05, 0.1) is 0 Å². The van der Waals surface area contributed by atoms with E-state index < -0.39 is 0 Å². The van der Waals surface area contributed by atoms with E-state index in [1.165, 1.54) is 0 Å². The summed E-state index contributed by atoms with van der Waals surface area (Å²) in [6, 6.07) is 23.7. The van der Waals surface area contributed by atoms with Gasteiger partial charge >= 0.3 is 0 Å². The van der Waals surface area contributed by atoms with E-state index in [0.29, 0.717) is 5.56 Å². The fourth-order valence-corrected chi connectivity index (χ4v) is 2.65. The molecular formula is C21H19NO. The summed E-state index contributed by atoms with van der Waals surface area (Å²) in [5.41, 5.74) is 5.78. The highest BCUT2D eigenvalue weighted by Crippen LogP contribution is 2.28. The molecule has 3 aromatic rings. The molecule has 0 aliphatic rings. The van der Waals surface area contributed by atoms with E-state index in [1.807, 2.05) is 86.6 Å². The standard InChI is InChI=1S/C21H19NO/c1-15-9-8-13-18(16(15)2)21(23)22-20-14-7-6-12-19(20)17-10-4-3-5-11-17/h3-14H,1-2H3,(H,22,23). The van der Waals surface area contributed by atoms with Crippen molar-refractivity contribution in [2.75, 3.05) is 5.32 Å². The Balaban J connectivity index is 1.95. The van der Waals surface area contributed by atoms with Gasteiger partial charge in [0.1, 0.15) is 0 Å². The molecule has 0 radical (unpaired) electrons. The van der Waals surface area contributed by atoms with E-state index in [2.05, 4.69) is 5.32 Å². The van der Waals surface area contributed by atoms with E-state index in [4.69, 9.17) is 0 Å². The summed E-state index contributed by atoms with van der Waals surface area (Å²) in [6.07, 6.45) is 0. The number of amides is 1. The van der Waals surface area contributed by atoms with Gasteiger partial charge in [-0.1, -0.05) is 60.7 Å². The van der Waals surface area contributed by atoms with Gasteiger partial charge < -0.3 is 5.32 Å². The molecule has 0 aliphatic carbocycles. The van der Waals surface area contributed by atoms with E-state index in [-0.39, 0.29) is 5.91 Å². The van der Waals surface area contributed by atoms with Crippen LogP contribution < -0.4 is 5.32 Å². The van der Waals surface area contributed by atoms with Crippen molar-refractivity contribution in [3.8, 4) is 11.1 Å². The Morgan fingerprint density at radius 1 is 0.783 bits per heavy atom. The topological polar surface area (TPSA) is 29.1 Å². The van der Waals surface area contributed by atoms with Crippen LogP contribution in [0.5, 0.6) is 0 Å². The average Bonchev–Trinajstić information content (AvgIpc) is 2.58. The first kappa shape index (κ1) is 15.0. The molecule has 0 aromatic heterocycles. The quantitative estimate of drug-likeness (QED) is 0.705. The van der Waals surface area contributed by atoms with E-state index >= 15 is 0 Å². The number of benzene rings is 3. The van der Waals surface area contributed by atoms with Crippen molar-refractivity contribution in [2.45, 2.75) is 13.8 Å². The lowest BCUT2D eigenvalue weighted by atomic mass is 10.0. The number of hydrogen-bond donors (Lipinski definition) is 1. The van der Waals surface area contributed by atoms with E-state index in [0.717, 1.165) is 27.9 Å². The van der Waals surface area contributed by atoms with Gasteiger partial charge in [0.15, 0.2) is 0 Å². The molecule has 0 atom stereocenters. The van der Waals surface area contributed by atoms with Crippen LogP contribution in [0.4, 0.5) is 5.69 Å². The number of aryl methyl sites for hydroxylation is 1. The third kappa shape index (κ3) is 3.16. The van der Waals surface area contributed by atoms with Gasteiger partial charge in [-0.05, 0) is 42.7 Å². The number of nitrogens with one attached hydrogen (secondary N) is 1. The monoisotopic (exact) mass is 301 g/mol. The van der Waals surface area contributed by atoms with Crippen molar-refractivity contribution in [2.24, 2.45) is 0 Å². The largest absolute Gasteiger partial charge is 0.321 e. The Kier molecular flexibility index (Phi) is 4.24. The van der Waals surface area contributed by atoms with Crippen molar-refractivity contribution in [1.29, 1.82) is 0 Å². The molecule has 0 bridgehead atoms. The maximum Gasteiger partial charge on any atom is 0.255 e. The van der Waals surface area contributed by atoms with Gasteiger partial charge in [-0.15, -0.1) is 0 Å². The number of carbonyl (C=O) groups excluding carboxylic acids is 1. The van der Waals surface area contributed by atoms with Crippen LogP contribution in [0.3, 0.4) is 0 Å². The Hall–Kier alpha value is -2.87. The van der Waals surface area contributed by atoms with E-state index in [9.17, 15) is 4.79 Å². The molecule has 114 valence electrons. The molecule has 2 nitrogen and oxygen atoms in total. The fraction of sp³-hybridized carbons (Fsp3) is 0.0952. The van der Waals surface area contributed by atoms with Crippen LogP contribution in [0.15, 0.2) is 72.8 Å². The predicted molar refractivity (Wildman–Crippen MR) is 95.7 cm³/mol. The van der Waals surface area contributed by atoms with Crippen LogP contribution in [-0.2, 0) is 0 Å². The third-order valence-corrected chi connectivity index (χ3v) is 4.11. The molecular weight excluding hydrogens is 282 g/mol. The molecule has 1 amide bonds. The lowest BCUT2D eigenvalue weighted by Gasteiger charge is -2.13. The highest BCUT2D eigenvalue weighted by atomic mass is 16.1. The maximum atomic E-state index is 12.7. The zero-order chi connectivity index (χ0) is 16.2. The molecule has 0 aliphatic heterocycles. The van der Waals surface area contributed by atoms with Crippen LogP contribution >= 0.6 is 0 Å². The van der Waals surface area contributed by atoms with Gasteiger partial charge in [-0.3, -0.25) is 4.79 Å².